The van der Waals surface area contributed by atoms with Crippen molar-refractivity contribution < 1.29 is 13.5 Å². The Morgan fingerprint density at radius 1 is 1.38 bits per heavy atom. The summed E-state index contributed by atoms with van der Waals surface area (Å²) in [4.78, 5) is 0.0443. The van der Waals surface area contributed by atoms with Crippen LogP contribution in [0.1, 0.15) is 38.7 Å². The summed E-state index contributed by atoms with van der Waals surface area (Å²) in [6, 6.07) is 4.51. The number of halogens is 1. The molecule has 3 atom stereocenters. The van der Waals surface area contributed by atoms with Crippen LogP contribution in [0.3, 0.4) is 0 Å². The number of rotatable bonds is 5. The van der Waals surface area contributed by atoms with E-state index in [0.29, 0.717) is 17.4 Å². The second-order valence-corrected chi connectivity index (χ2v) is 7.85. The third kappa shape index (κ3) is 3.59. The second kappa shape index (κ2) is 6.65. The van der Waals surface area contributed by atoms with Crippen molar-refractivity contribution >= 4 is 21.6 Å². The van der Waals surface area contributed by atoms with E-state index in [4.69, 9.17) is 16.7 Å². The topological polar surface area (TPSA) is 66.4 Å². The number of hydrogen-bond acceptors (Lipinski definition) is 3. The summed E-state index contributed by atoms with van der Waals surface area (Å²) in [5, 5.41) is 9.33. The molecule has 21 heavy (non-hydrogen) atoms. The molecule has 0 aromatic heterocycles. The number of benzene rings is 1. The van der Waals surface area contributed by atoms with Gasteiger partial charge in [-0.15, -0.1) is 0 Å². The molecule has 6 heteroatoms. The molecule has 1 aromatic carbocycles. The monoisotopic (exact) mass is 331 g/mol. The Balaban J connectivity index is 2.23. The van der Waals surface area contributed by atoms with Gasteiger partial charge in [0.2, 0.25) is 10.0 Å². The molecule has 0 radical (unpaired) electrons. The Bertz CT molecular complexity index is 603. The smallest absolute Gasteiger partial charge is 0.242 e. The summed E-state index contributed by atoms with van der Waals surface area (Å²) in [6.45, 7) is 4.02. The van der Waals surface area contributed by atoms with Gasteiger partial charge in [0.15, 0.2) is 0 Å². The molecule has 2 N–H and O–H groups in total. The Morgan fingerprint density at radius 3 is 2.67 bits per heavy atom. The number of nitrogens with one attached hydrogen (secondary N) is 1. The molecular weight excluding hydrogens is 310 g/mol. The van der Waals surface area contributed by atoms with Crippen molar-refractivity contribution in [1.82, 2.24) is 4.72 Å². The van der Waals surface area contributed by atoms with E-state index < -0.39 is 10.0 Å². The van der Waals surface area contributed by atoms with Crippen LogP contribution in [0.5, 0.6) is 0 Å². The van der Waals surface area contributed by atoms with Crippen molar-refractivity contribution in [3.63, 3.8) is 0 Å². The van der Waals surface area contributed by atoms with Gasteiger partial charge >= 0.3 is 0 Å². The van der Waals surface area contributed by atoms with Crippen LogP contribution in [-0.2, 0) is 16.6 Å². The molecule has 0 bridgehead atoms. The van der Waals surface area contributed by atoms with Crippen molar-refractivity contribution in [3.8, 4) is 0 Å². The minimum atomic E-state index is -3.66. The molecule has 0 amide bonds. The molecule has 1 aliphatic carbocycles. The van der Waals surface area contributed by atoms with E-state index in [1.165, 1.54) is 12.1 Å². The zero-order valence-corrected chi connectivity index (χ0v) is 13.9. The maximum absolute atomic E-state index is 12.5. The quantitative estimate of drug-likeness (QED) is 0.871. The van der Waals surface area contributed by atoms with E-state index in [0.717, 1.165) is 19.3 Å². The van der Waals surface area contributed by atoms with Gasteiger partial charge < -0.3 is 5.11 Å². The summed E-state index contributed by atoms with van der Waals surface area (Å²) < 4.78 is 27.9. The highest BCUT2D eigenvalue weighted by Gasteiger charge is 2.34. The van der Waals surface area contributed by atoms with Crippen LogP contribution in [-0.4, -0.2) is 19.6 Å². The van der Waals surface area contributed by atoms with Gasteiger partial charge in [0, 0.05) is 6.04 Å². The standard InChI is InChI=1S/C15H22ClNO3S/c1-3-12-5-7-14(10(12)2)17-21(19,20)15-8-11(9-18)4-6-13(15)16/h4,6,8,10,12,14,17-18H,3,5,7,9H2,1-2H3. The molecule has 4 nitrogen and oxygen atoms in total. The largest absolute Gasteiger partial charge is 0.392 e. The van der Waals surface area contributed by atoms with Crippen molar-refractivity contribution in [1.29, 1.82) is 0 Å². The summed E-state index contributed by atoms with van der Waals surface area (Å²) in [5.41, 5.74) is 0.533. The molecule has 0 spiro atoms. The lowest BCUT2D eigenvalue weighted by molar-refractivity contribution is 0.281. The predicted molar refractivity (Wildman–Crippen MR) is 83.7 cm³/mol. The molecule has 1 aliphatic rings. The van der Waals surface area contributed by atoms with Crippen LogP contribution in [0.2, 0.25) is 5.02 Å². The van der Waals surface area contributed by atoms with Gasteiger partial charge in [-0.1, -0.05) is 37.9 Å². The van der Waals surface area contributed by atoms with Gasteiger partial charge in [-0.3, -0.25) is 0 Å². The first-order chi connectivity index (χ1) is 9.89. The fourth-order valence-electron chi connectivity index (χ4n) is 3.10. The number of hydrogen-bond donors (Lipinski definition) is 2. The van der Waals surface area contributed by atoms with Crippen LogP contribution in [0, 0.1) is 11.8 Å². The first-order valence-electron chi connectivity index (χ1n) is 7.30. The summed E-state index contributed by atoms with van der Waals surface area (Å²) in [7, 11) is -3.66. The highest BCUT2D eigenvalue weighted by molar-refractivity contribution is 7.89. The first-order valence-corrected chi connectivity index (χ1v) is 9.16. The summed E-state index contributed by atoms with van der Waals surface area (Å²) in [5.74, 6) is 0.890. The molecule has 1 fully saturated rings. The Hall–Kier alpha value is -0.620. The molecule has 0 heterocycles. The SMILES string of the molecule is CCC1CCC(NS(=O)(=O)c2cc(CO)ccc2Cl)C1C. The lowest BCUT2D eigenvalue weighted by Gasteiger charge is -2.21. The van der Waals surface area contributed by atoms with Crippen LogP contribution in [0.15, 0.2) is 23.1 Å². The molecular formula is C15H22ClNO3S. The number of aliphatic hydroxyl groups is 1. The van der Waals surface area contributed by atoms with Crippen LogP contribution in [0.4, 0.5) is 0 Å². The van der Waals surface area contributed by atoms with E-state index in [-0.39, 0.29) is 22.6 Å². The number of sulfonamides is 1. The molecule has 1 aromatic rings. The maximum atomic E-state index is 12.5. The summed E-state index contributed by atoms with van der Waals surface area (Å²) in [6.07, 6.45) is 2.98. The third-order valence-corrected chi connectivity index (χ3v) is 6.50. The minimum Gasteiger partial charge on any atom is -0.392 e. The van der Waals surface area contributed by atoms with Gasteiger partial charge in [0.05, 0.1) is 11.6 Å². The van der Waals surface area contributed by atoms with Crippen molar-refractivity contribution in [2.45, 2.75) is 50.7 Å². The molecule has 3 unspecified atom stereocenters. The lowest BCUT2D eigenvalue weighted by Crippen LogP contribution is -2.37. The second-order valence-electron chi connectivity index (χ2n) is 5.76. The van der Waals surface area contributed by atoms with Gasteiger partial charge in [0.1, 0.15) is 4.90 Å². The fraction of sp³-hybridized carbons (Fsp3) is 0.600. The highest BCUT2D eigenvalue weighted by atomic mass is 35.5. The van der Waals surface area contributed by atoms with Gasteiger partial charge in [-0.05, 0) is 42.4 Å². The minimum absolute atomic E-state index is 0.0443. The van der Waals surface area contributed by atoms with Gasteiger partial charge in [0.25, 0.3) is 0 Å². The normalized spacial score (nSPS) is 26.2. The molecule has 1 saturated carbocycles. The Morgan fingerprint density at radius 2 is 2.10 bits per heavy atom. The van der Waals surface area contributed by atoms with Gasteiger partial charge in [-0.25, -0.2) is 13.1 Å². The van der Waals surface area contributed by atoms with Gasteiger partial charge in [-0.2, -0.15) is 0 Å². The van der Waals surface area contributed by atoms with E-state index in [2.05, 4.69) is 18.6 Å². The van der Waals surface area contributed by atoms with Crippen LogP contribution >= 0.6 is 11.6 Å². The van der Waals surface area contributed by atoms with Crippen molar-refractivity contribution in [3.05, 3.63) is 28.8 Å². The molecule has 0 saturated heterocycles. The third-order valence-electron chi connectivity index (χ3n) is 4.53. The zero-order chi connectivity index (χ0) is 15.6. The molecule has 118 valence electrons. The van der Waals surface area contributed by atoms with Crippen molar-refractivity contribution in [2.75, 3.05) is 0 Å². The highest BCUT2D eigenvalue weighted by Crippen LogP contribution is 2.35. The van der Waals surface area contributed by atoms with E-state index in [1.54, 1.807) is 6.07 Å². The zero-order valence-electron chi connectivity index (χ0n) is 12.3. The number of aliphatic hydroxyl groups excluding tert-OH is 1. The average Bonchev–Trinajstić information content (AvgIpc) is 2.79. The molecule has 0 aliphatic heterocycles. The van der Waals surface area contributed by atoms with Crippen LogP contribution in [0.25, 0.3) is 0 Å². The molecule has 2 rings (SSSR count). The first kappa shape index (κ1) is 16.7. The van der Waals surface area contributed by atoms with Crippen LogP contribution < -0.4 is 4.72 Å². The predicted octanol–water partition coefficient (Wildman–Crippen LogP) is 2.94. The fourth-order valence-corrected chi connectivity index (χ4v) is 5.02. The maximum Gasteiger partial charge on any atom is 0.242 e. The van der Waals surface area contributed by atoms with Crippen molar-refractivity contribution in [2.24, 2.45) is 11.8 Å². The Labute approximate surface area is 131 Å². The average molecular weight is 332 g/mol. The van der Waals surface area contributed by atoms with E-state index in [9.17, 15) is 8.42 Å². The lowest BCUT2D eigenvalue weighted by atomic mass is 9.94. The summed E-state index contributed by atoms with van der Waals surface area (Å²) >= 11 is 6.01. The van der Waals surface area contributed by atoms with E-state index in [1.807, 2.05) is 0 Å². The van der Waals surface area contributed by atoms with E-state index >= 15 is 0 Å². The Kier molecular flexibility index (Phi) is 5.30.